The normalized spacial score (nSPS) is 16.6. The molecule has 0 bridgehead atoms. The van der Waals surface area contributed by atoms with E-state index in [1.807, 2.05) is 19.1 Å². The van der Waals surface area contributed by atoms with E-state index in [0.717, 1.165) is 18.4 Å². The molecule has 3 heterocycles. The summed E-state index contributed by atoms with van der Waals surface area (Å²) in [6, 6.07) is 5.29. The van der Waals surface area contributed by atoms with E-state index < -0.39 is 0 Å². The molecule has 4 rings (SSSR count). The number of anilines is 1. The van der Waals surface area contributed by atoms with Crippen molar-refractivity contribution in [1.29, 1.82) is 0 Å². The summed E-state index contributed by atoms with van der Waals surface area (Å²) in [5.41, 5.74) is 8.35. The van der Waals surface area contributed by atoms with Crippen LogP contribution in [0.5, 0.6) is 5.75 Å². The molecule has 1 aliphatic rings. The Morgan fingerprint density at radius 2 is 2.17 bits per heavy atom. The monoisotopic (exact) mass is 408 g/mol. The van der Waals surface area contributed by atoms with Gasteiger partial charge in [-0.3, -0.25) is 13.9 Å². The fraction of sp³-hybridized carbons (Fsp3) is 0.333. The number of nitrogen functional groups attached to an aromatic ring is 1. The van der Waals surface area contributed by atoms with Gasteiger partial charge in [0, 0.05) is 19.2 Å². The highest BCUT2D eigenvalue weighted by Crippen LogP contribution is 2.29. The molecule has 1 atom stereocenters. The van der Waals surface area contributed by atoms with Crippen molar-refractivity contribution in [3.63, 3.8) is 0 Å². The third kappa shape index (κ3) is 3.12. The second kappa shape index (κ2) is 7.66. The van der Waals surface area contributed by atoms with E-state index in [9.17, 15) is 9.59 Å². The fourth-order valence-electron chi connectivity index (χ4n) is 4.08. The second-order valence-corrected chi connectivity index (χ2v) is 7.36. The van der Waals surface area contributed by atoms with Crippen LogP contribution in [0.4, 0.5) is 5.82 Å². The van der Waals surface area contributed by atoms with Crippen LogP contribution in [-0.2, 0) is 4.79 Å². The van der Waals surface area contributed by atoms with Crippen LogP contribution in [0.2, 0.25) is 0 Å². The summed E-state index contributed by atoms with van der Waals surface area (Å²) in [5, 5.41) is 0. The number of carbonyl (C=O) groups is 1. The van der Waals surface area contributed by atoms with Crippen LogP contribution < -0.4 is 16.2 Å². The van der Waals surface area contributed by atoms with Crippen LogP contribution in [0.1, 0.15) is 24.4 Å². The number of nitrogens with two attached hydrogens (primary N) is 1. The average Bonchev–Trinajstić information content (AvgIpc) is 3.06. The Morgan fingerprint density at radius 3 is 2.90 bits per heavy atom. The lowest BCUT2D eigenvalue weighted by atomic mass is 10.1. The van der Waals surface area contributed by atoms with E-state index in [2.05, 4.69) is 16.5 Å². The number of piperidine rings is 1. The van der Waals surface area contributed by atoms with E-state index >= 15 is 0 Å². The van der Waals surface area contributed by atoms with Crippen LogP contribution in [-0.4, -0.2) is 50.1 Å². The van der Waals surface area contributed by atoms with Gasteiger partial charge in [-0.2, -0.15) is 0 Å². The molecular weight excluding hydrogens is 384 g/mol. The second-order valence-electron chi connectivity index (χ2n) is 7.36. The molecule has 1 saturated heterocycles. The van der Waals surface area contributed by atoms with Crippen LogP contribution in [0, 0.1) is 6.92 Å². The molecule has 9 nitrogen and oxygen atoms in total. The third-order valence-electron chi connectivity index (χ3n) is 5.58. The highest BCUT2D eigenvalue weighted by Gasteiger charge is 2.29. The number of fused-ring (bicyclic) bond motifs is 1. The fourth-order valence-corrected chi connectivity index (χ4v) is 4.08. The zero-order chi connectivity index (χ0) is 21.4. The topological polar surface area (TPSA) is 108 Å². The van der Waals surface area contributed by atoms with Gasteiger partial charge in [-0.05, 0) is 37.5 Å². The van der Waals surface area contributed by atoms with E-state index in [1.165, 1.54) is 17.0 Å². The number of hydrogen-bond acceptors (Lipinski definition) is 6. The van der Waals surface area contributed by atoms with Crippen molar-refractivity contribution in [3.05, 3.63) is 53.2 Å². The maximum atomic E-state index is 13.6. The van der Waals surface area contributed by atoms with Crippen molar-refractivity contribution < 1.29 is 9.53 Å². The number of ether oxygens (including phenoxy) is 1. The molecule has 0 unspecified atom stereocenters. The summed E-state index contributed by atoms with van der Waals surface area (Å²) in [6.07, 6.45) is 4.18. The first-order valence-electron chi connectivity index (χ1n) is 9.76. The van der Waals surface area contributed by atoms with E-state index in [-0.39, 0.29) is 23.5 Å². The number of rotatable bonds is 4. The number of methoxy groups -OCH3 is 1. The standard InChI is InChI=1S/C21H24N6O3/c1-4-17(28)25-9-5-6-15(11-25)27-20-18(19(22)23-12-24-20)26(21(27)29)14-8-7-13(2)16(10-14)30-3/h4,7-8,10,12,15H,1,5-6,9,11H2,2-3H3,(H2,22,23,24)/t15-/m1/s1. The van der Waals surface area contributed by atoms with Crippen molar-refractivity contribution in [2.24, 2.45) is 0 Å². The lowest BCUT2D eigenvalue weighted by Crippen LogP contribution is -2.42. The number of carbonyl (C=O) groups excluding carboxylic acids is 1. The number of aryl methyl sites for hydroxylation is 1. The number of benzene rings is 1. The smallest absolute Gasteiger partial charge is 0.335 e. The van der Waals surface area contributed by atoms with E-state index in [1.54, 1.807) is 22.6 Å². The van der Waals surface area contributed by atoms with Crippen molar-refractivity contribution in [2.45, 2.75) is 25.8 Å². The van der Waals surface area contributed by atoms with Gasteiger partial charge in [0.1, 0.15) is 17.6 Å². The SMILES string of the molecule is C=CC(=O)N1CCC[C@@H](n2c(=O)n(-c3ccc(C)c(OC)c3)c3c(N)ncnc32)C1. The molecule has 0 aliphatic carbocycles. The minimum Gasteiger partial charge on any atom is -0.496 e. The van der Waals surface area contributed by atoms with Crippen molar-refractivity contribution in [3.8, 4) is 11.4 Å². The molecule has 0 saturated carbocycles. The number of amides is 1. The minimum absolute atomic E-state index is 0.145. The molecule has 0 radical (unpaired) electrons. The lowest BCUT2D eigenvalue weighted by molar-refractivity contribution is -0.127. The number of likely N-dealkylation sites (tertiary alicyclic amines) is 1. The highest BCUT2D eigenvalue weighted by molar-refractivity contribution is 5.87. The molecule has 2 aromatic heterocycles. The lowest BCUT2D eigenvalue weighted by Gasteiger charge is -2.32. The highest BCUT2D eigenvalue weighted by atomic mass is 16.5. The molecule has 1 fully saturated rings. The maximum absolute atomic E-state index is 13.6. The van der Waals surface area contributed by atoms with Gasteiger partial charge in [-0.1, -0.05) is 12.6 Å². The number of imidazole rings is 1. The Hall–Kier alpha value is -3.62. The van der Waals surface area contributed by atoms with Gasteiger partial charge in [0.05, 0.1) is 18.8 Å². The van der Waals surface area contributed by atoms with Crippen LogP contribution in [0.15, 0.2) is 42.0 Å². The van der Waals surface area contributed by atoms with Gasteiger partial charge in [-0.25, -0.2) is 14.8 Å². The molecule has 2 N–H and O–H groups in total. The molecule has 9 heteroatoms. The molecule has 30 heavy (non-hydrogen) atoms. The zero-order valence-electron chi connectivity index (χ0n) is 17.0. The predicted octanol–water partition coefficient (Wildman–Crippen LogP) is 1.83. The Kier molecular flexibility index (Phi) is 5.03. The van der Waals surface area contributed by atoms with Gasteiger partial charge >= 0.3 is 5.69 Å². The van der Waals surface area contributed by atoms with Crippen molar-refractivity contribution in [2.75, 3.05) is 25.9 Å². The molecule has 3 aromatic rings. The van der Waals surface area contributed by atoms with Gasteiger partial charge in [0.2, 0.25) is 5.91 Å². The van der Waals surface area contributed by atoms with Crippen molar-refractivity contribution in [1.82, 2.24) is 24.0 Å². The summed E-state index contributed by atoms with van der Waals surface area (Å²) >= 11 is 0. The Bertz CT molecular complexity index is 1200. The Labute approximate surface area is 173 Å². The first kappa shape index (κ1) is 19.7. The van der Waals surface area contributed by atoms with Gasteiger partial charge in [-0.15, -0.1) is 0 Å². The van der Waals surface area contributed by atoms with Gasteiger partial charge < -0.3 is 15.4 Å². The van der Waals surface area contributed by atoms with Crippen LogP contribution >= 0.6 is 0 Å². The summed E-state index contributed by atoms with van der Waals surface area (Å²) in [6.45, 7) is 6.54. The summed E-state index contributed by atoms with van der Waals surface area (Å²) < 4.78 is 8.57. The first-order chi connectivity index (χ1) is 14.5. The molecule has 156 valence electrons. The molecule has 1 aromatic carbocycles. The predicted molar refractivity (Wildman–Crippen MR) is 114 cm³/mol. The van der Waals surface area contributed by atoms with Gasteiger partial charge in [0.25, 0.3) is 0 Å². The minimum atomic E-state index is -0.277. The number of hydrogen-bond donors (Lipinski definition) is 1. The van der Waals surface area contributed by atoms with Gasteiger partial charge in [0.15, 0.2) is 11.5 Å². The molecule has 0 spiro atoms. The van der Waals surface area contributed by atoms with Crippen LogP contribution in [0.3, 0.4) is 0 Å². The van der Waals surface area contributed by atoms with E-state index in [4.69, 9.17) is 10.5 Å². The number of nitrogens with zero attached hydrogens (tertiary/aromatic N) is 5. The van der Waals surface area contributed by atoms with E-state index in [0.29, 0.717) is 35.7 Å². The van der Waals surface area contributed by atoms with Crippen molar-refractivity contribution >= 4 is 22.9 Å². The summed E-state index contributed by atoms with van der Waals surface area (Å²) in [4.78, 5) is 35.9. The summed E-state index contributed by atoms with van der Waals surface area (Å²) in [5.74, 6) is 0.732. The molecule has 1 amide bonds. The Morgan fingerprint density at radius 1 is 1.37 bits per heavy atom. The zero-order valence-corrected chi connectivity index (χ0v) is 17.0. The average molecular weight is 408 g/mol. The summed E-state index contributed by atoms with van der Waals surface area (Å²) in [7, 11) is 1.59. The molecule has 1 aliphatic heterocycles. The third-order valence-corrected chi connectivity index (χ3v) is 5.58. The maximum Gasteiger partial charge on any atom is 0.335 e. The van der Waals surface area contributed by atoms with Crippen LogP contribution in [0.25, 0.3) is 16.9 Å². The number of aromatic nitrogens is 4. The Balaban J connectivity index is 1.92. The quantitative estimate of drug-likeness (QED) is 0.660. The molecular formula is C21H24N6O3. The largest absolute Gasteiger partial charge is 0.496 e. The first-order valence-corrected chi connectivity index (χ1v) is 9.76.